The zero-order chi connectivity index (χ0) is 23.7. The Morgan fingerprint density at radius 1 is 0.697 bits per heavy atom. The summed E-state index contributed by atoms with van der Waals surface area (Å²) < 4.78 is 10.9. The molecule has 0 spiro atoms. The van der Waals surface area contributed by atoms with Crippen molar-refractivity contribution >= 4 is 5.97 Å². The highest BCUT2D eigenvalue weighted by Gasteiger charge is 2.12. The first kappa shape index (κ1) is 27.0. The summed E-state index contributed by atoms with van der Waals surface area (Å²) in [7, 11) is 1.67. The average molecular weight is 453 g/mol. The smallest absolute Gasteiger partial charge is 0.306 e. The van der Waals surface area contributed by atoms with Gasteiger partial charge in [0.2, 0.25) is 0 Å². The third-order valence-corrected chi connectivity index (χ3v) is 6.35. The van der Waals surface area contributed by atoms with Crippen LogP contribution in [0.25, 0.3) is 11.1 Å². The molecular weight excluding hydrogens is 408 g/mol. The predicted octanol–water partition coefficient (Wildman–Crippen LogP) is 9.06. The van der Waals surface area contributed by atoms with Crippen molar-refractivity contribution in [2.75, 3.05) is 7.11 Å². The van der Waals surface area contributed by atoms with Gasteiger partial charge in [-0.05, 0) is 42.2 Å². The van der Waals surface area contributed by atoms with E-state index in [1.165, 1.54) is 64.2 Å². The van der Waals surface area contributed by atoms with Crippen molar-refractivity contribution in [3.05, 3.63) is 54.1 Å². The van der Waals surface area contributed by atoms with E-state index in [4.69, 9.17) is 9.47 Å². The van der Waals surface area contributed by atoms with Crippen LogP contribution in [0.5, 0.6) is 5.75 Å². The van der Waals surface area contributed by atoms with Gasteiger partial charge < -0.3 is 9.47 Å². The number of methoxy groups -OCH3 is 1. The number of carbonyl (C=O) groups excluding carboxylic acids is 1. The SMILES string of the molecule is CCCCCCCCCCCCCCC(=O)OC(C)c1ccc(-c2ccc(OC)cc2)cc1. The Hall–Kier alpha value is -2.29. The molecule has 0 aliphatic rings. The Kier molecular flexibility index (Phi) is 13.4. The molecule has 3 heteroatoms. The number of esters is 1. The molecule has 0 amide bonds. The molecule has 2 aromatic carbocycles. The van der Waals surface area contributed by atoms with Crippen molar-refractivity contribution in [3.8, 4) is 16.9 Å². The standard InChI is InChI=1S/C30H44O3/c1-4-5-6-7-8-9-10-11-12-13-14-15-16-30(31)33-25(2)26-17-19-27(20-18-26)28-21-23-29(32-3)24-22-28/h17-25H,4-16H2,1-3H3. The van der Waals surface area contributed by atoms with E-state index in [1.807, 2.05) is 43.3 Å². The number of benzene rings is 2. The van der Waals surface area contributed by atoms with Crippen molar-refractivity contribution in [3.63, 3.8) is 0 Å². The van der Waals surface area contributed by atoms with Crippen molar-refractivity contribution in [1.82, 2.24) is 0 Å². The summed E-state index contributed by atoms with van der Waals surface area (Å²) in [6, 6.07) is 16.3. The molecule has 0 bridgehead atoms. The molecule has 182 valence electrons. The number of carbonyl (C=O) groups is 1. The number of rotatable bonds is 17. The lowest BCUT2D eigenvalue weighted by Crippen LogP contribution is -2.08. The number of ether oxygens (including phenoxy) is 2. The minimum absolute atomic E-state index is 0.0891. The van der Waals surface area contributed by atoms with Crippen molar-refractivity contribution < 1.29 is 14.3 Å². The summed E-state index contributed by atoms with van der Waals surface area (Å²) in [6.45, 7) is 4.21. The molecule has 0 saturated carbocycles. The second-order valence-corrected chi connectivity index (χ2v) is 9.12. The highest BCUT2D eigenvalue weighted by Crippen LogP contribution is 2.25. The summed E-state index contributed by atoms with van der Waals surface area (Å²) in [5.41, 5.74) is 3.30. The number of unbranched alkanes of at least 4 members (excludes halogenated alkanes) is 11. The molecule has 0 aromatic heterocycles. The monoisotopic (exact) mass is 452 g/mol. The van der Waals surface area contributed by atoms with Crippen molar-refractivity contribution in [1.29, 1.82) is 0 Å². The summed E-state index contributed by atoms with van der Waals surface area (Å²) in [6.07, 6.45) is 15.9. The molecule has 1 atom stereocenters. The molecule has 0 fully saturated rings. The maximum absolute atomic E-state index is 12.2. The van der Waals surface area contributed by atoms with Gasteiger partial charge in [0.15, 0.2) is 0 Å². The van der Waals surface area contributed by atoms with E-state index >= 15 is 0 Å². The fourth-order valence-corrected chi connectivity index (χ4v) is 4.16. The van der Waals surface area contributed by atoms with Crippen LogP contribution in [-0.2, 0) is 9.53 Å². The first-order valence-electron chi connectivity index (χ1n) is 13.1. The summed E-state index contributed by atoms with van der Waals surface area (Å²) in [5.74, 6) is 0.762. The molecule has 1 unspecified atom stereocenters. The molecule has 0 radical (unpaired) electrons. The van der Waals surface area contributed by atoms with Crippen LogP contribution in [0.2, 0.25) is 0 Å². The maximum Gasteiger partial charge on any atom is 0.306 e. The largest absolute Gasteiger partial charge is 0.497 e. The summed E-state index contributed by atoms with van der Waals surface area (Å²) in [4.78, 5) is 12.2. The molecule has 2 aromatic rings. The molecule has 0 aliphatic carbocycles. The van der Waals surface area contributed by atoms with Gasteiger partial charge >= 0.3 is 5.97 Å². The van der Waals surface area contributed by atoms with Gasteiger partial charge in [0.05, 0.1) is 7.11 Å². The van der Waals surface area contributed by atoms with Crippen molar-refractivity contribution in [2.24, 2.45) is 0 Å². The average Bonchev–Trinajstić information content (AvgIpc) is 2.85. The van der Waals surface area contributed by atoms with Crippen LogP contribution in [0.3, 0.4) is 0 Å². The van der Waals surface area contributed by atoms with Crippen LogP contribution in [-0.4, -0.2) is 13.1 Å². The van der Waals surface area contributed by atoms with Crippen molar-refractivity contribution in [2.45, 2.75) is 103 Å². The maximum atomic E-state index is 12.2. The highest BCUT2D eigenvalue weighted by molar-refractivity contribution is 5.69. The first-order valence-corrected chi connectivity index (χ1v) is 13.1. The van der Waals surface area contributed by atoms with Gasteiger partial charge in [-0.15, -0.1) is 0 Å². The summed E-state index contributed by atoms with van der Waals surface area (Å²) >= 11 is 0. The van der Waals surface area contributed by atoms with Crippen LogP contribution >= 0.6 is 0 Å². The zero-order valence-electron chi connectivity index (χ0n) is 21.1. The van der Waals surface area contributed by atoms with Gasteiger partial charge in [-0.2, -0.15) is 0 Å². The predicted molar refractivity (Wildman–Crippen MR) is 139 cm³/mol. The molecular formula is C30H44O3. The van der Waals surface area contributed by atoms with Gasteiger partial charge in [0.1, 0.15) is 11.9 Å². The van der Waals surface area contributed by atoms with E-state index in [9.17, 15) is 4.79 Å². The molecule has 0 aliphatic heterocycles. The quantitative estimate of drug-likeness (QED) is 0.177. The van der Waals surface area contributed by atoms with E-state index in [0.29, 0.717) is 6.42 Å². The van der Waals surface area contributed by atoms with E-state index in [0.717, 1.165) is 35.3 Å². The van der Waals surface area contributed by atoms with Gasteiger partial charge in [-0.3, -0.25) is 4.79 Å². The number of hydrogen-bond acceptors (Lipinski definition) is 3. The van der Waals surface area contributed by atoms with Gasteiger partial charge in [0.25, 0.3) is 0 Å². The number of hydrogen-bond donors (Lipinski definition) is 0. The molecule has 33 heavy (non-hydrogen) atoms. The lowest BCUT2D eigenvalue weighted by molar-refractivity contribution is -0.148. The normalized spacial score (nSPS) is 11.8. The Labute approximate surface area is 201 Å². The molecule has 2 rings (SSSR count). The van der Waals surface area contributed by atoms with Crippen LogP contribution in [0, 0.1) is 0 Å². The second-order valence-electron chi connectivity index (χ2n) is 9.12. The first-order chi connectivity index (χ1) is 16.1. The van der Waals surface area contributed by atoms with Crippen LogP contribution in [0.15, 0.2) is 48.5 Å². The Bertz CT molecular complexity index is 764. The molecule has 0 heterocycles. The van der Waals surface area contributed by atoms with Gasteiger partial charge in [-0.1, -0.05) is 114 Å². The minimum Gasteiger partial charge on any atom is -0.497 e. The lowest BCUT2D eigenvalue weighted by Gasteiger charge is -2.14. The lowest BCUT2D eigenvalue weighted by atomic mass is 10.0. The van der Waals surface area contributed by atoms with Crippen LogP contribution in [0.4, 0.5) is 0 Å². The summed E-state index contributed by atoms with van der Waals surface area (Å²) in [5, 5.41) is 0. The van der Waals surface area contributed by atoms with Gasteiger partial charge in [0, 0.05) is 6.42 Å². The van der Waals surface area contributed by atoms with E-state index in [-0.39, 0.29) is 12.1 Å². The Morgan fingerprint density at radius 2 is 1.15 bits per heavy atom. The highest BCUT2D eigenvalue weighted by atomic mass is 16.5. The van der Waals surface area contributed by atoms with E-state index in [2.05, 4.69) is 19.1 Å². The fourth-order valence-electron chi connectivity index (χ4n) is 4.16. The molecule has 0 saturated heterocycles. The Morgan fingerprint density at radius 3 is 1.64 bits per heavy atom. The second kappa shape index (κ2) is 16.3. The molecule has 3 nitrogen and oxygen atoms in total. The van der Waals surface area contributed by atoms with Gasteiger partial charge in [-0.25, -0.2) is 0 Å². The third-order valence-electron chi connectivity index (χ3n) is 6.35. The minimum atomic E-state index is -0.222. The Balaban J connectivity index is 1.56. The van der Waals surface area contributed by atoms with E-state index < -0.39 is 0 Å². The zero-order valence-corrected chi connectivity index (χ0v) is 21.1. The van der Waals surface area contributed by atoms with Crippen LogP contribution in [0.1, 0.15) is 109 Å². The topological polar surface area (TPSA) is 35.5 Å². The van der Waals surface area contributed by atoms with Crippen LogP contribution < -0.4 is 4.74 Å². The third kappa shape index (κ3) is 10.9. The molecule has 0 N–H and O–H groups in total. The van der Waals surface area contributed by atoms with E-state index in [1.54, 1.807) is 7.11 Å². The fraction of sp³-hybridized carbons (Fsp3) is 0.567.